The number of alkyl halides is 1. The van der Waals surface area contributed by atoms with Crippen molar-refractivity contribution in [3.63, 3.8) is 0 Å². The Bertz CT molecular complexity index is 301. The third kappa shape index (κ3) is 2.99. The number of esters is 1. The summed E-state index contributed by atoms with van der Waals surface area (Å²) >= 11 is 5.61. The van der Waals surface area contributed by atoms with Crippen molar-refractivity contribution in [2.24, 2.45) is 0 Å². The molecular formula is C8H12ClN3O2. The first-order valence-electron chi connectivity index (χ1n) is 4.36. The van der Waals surface area contributed by atoms with Gasteiger partial charge in [-0.15, -0.1) is 21.8 Å². The summed E-state index contributed by atoms with van der Waals surface area (Å²) in [5, 5.41) is 7.48. The van der Waals surface area contributed by atoms with Gasteiger partial charge in [-0.2, -0.15) is 0 Å². The summed E-state index contributed by atoms with van der Waals surface area (Å²) in [6.07, 6.45) is 1.87. The zero-order chi connectivity index (χ0) is 10.4. The number of hydrogen-bond donors (Lipinski definition) is 0. The zero-order valence-electron chi connectivity index (χ0n) is 7.94. The molecule has 0 aliphatic rings. The van der Waals surface area contributed by atoms with Crippen molar-refractivity contribution in [3.8, 4) is 0 Å². The van der Waals surface area contributed by atoms with E-state index in [1.807, 2.05) is 0 Å². The van der Waals surface area contributed by atoms with Gasteiger partial charge in [0.1, 0.15) is 12.2 Å². The lowest BCUT2D eigenvalue weighted by Crippen LogP contribution is -2.10. The zero-order valence-corrected chi connectivity index (χ0v) is 8.70. The van der Waals surface area contributed by atoms with E-state index in [1.54, 1.807) is 17.8 Å². The van der Waals surface area contributed by atoms with Gasteiger partial charge < -0.3 is 9.30 Å². The van der Waals surface area contributed by atoms with Crippen LogP contribution in [0, 0.1) is 0 Å². The highest BCUT2D eigenvalue weighted by atomic mass is 35.5. The van der Waals surface area contributed by atoms with Crippen LogP contribution in [-0.2, 0) is 22.0 Å². The van der Waals surface area contributed by atoms with Crippen LogP contribution in [0.3, 0.4) is 0 Å². The van der Waals surface area contributed by atoms with Crippen LogP contribution in [0.2, 0.25) is 0 Å². The molecule has 0 aliphatic heterocycles. The molecule has 1 heterocycles. The molecule has 78 valence electrons. The van der Waals surface area contributed by atoms with Crippen molar-refractivity contribution in [1.29, 1.82) is 0 Å². The van der Waals surface area contributed by atoms with Crippen molar-refractivity contribution in [3.05, 3.63) is 12.2 Å². The number of hydrogen-bond acceptors (Lipinski definition) is 4. The quantitative estimate of drug-likeness (QED) is 0.545. The normalized spacial score (nSPS) is 10.1. The first-order valence-corrected chi connectivity index (χ1v) is 4.89. The Kier molecular flexibility index (Phi) is 4.39. The fourth-order valence-electron chi connectivity index (χ4n) is 1.01. The number of aromatic nitrogens is 3. The first kappa shape index (κ1) is 11.0. The Hall–Kier alpha value is -1.10. The highest BCUT2D eigenvalue weighted by Crippen LogP contribution is 2.01. The summed E-state index contributed by atoms with van der Waals surface area (Å²) in [5.41, 5.74) is 0. The molecule has 1 aromatic rings. The number of halogens is 1. The second-order valence-corrected chi connectivity index (χ2v) is 2.90. The topological polar surface area (TPSA) is 57.0 Å². The number of carbonyl (C=O) groups excluding carboxylic acids is 1. The molecule has 0 radical (unpaired) electrons. The van der Waals surface area contributed by atoms with E-state index in [9.17, 15) is 4.79 Å². The number of aryl methyl sites for hydroxylation is 1. The van der Waals surface area contributed by atoms with E-state index in [0.717, 1.165) is 0 Å². The van der Waals surface area contributed by atoms with Crippen LogP contribution < -0.4 is 0 Å². The second-order valence-electron chi connectivity index (χ2n) is 2.63. The lowest BCUT2D eigenvalue weighted by Gasteiger charge is -2.03. The van der Waals surface area contributed by atoms with E-state index in [2.05, 4.69) is 10.2 Å². The van der Waals surface area contributed by atoms with Crippen LogP contribution in [0.4, 0.5) is 0 Å². The average Bonchev–Trinajstić information content (AvgIpc) is 2.62. The number of ether oxygens (including phenoxy) is 1. The number of rotatable bonds is 5. The maximum atomic E-state index is 11.0. The molecule has 0 saturated carbocycles. The van der Waals surface area contributed by atoms with Crippen molar-refractivity contribution >= 4 is 17.6 Å². The Balaban J connectivity index is 2.41. The summed E-state index contributed by atoms with van der Waals surface area (Å²) in [5.74, 6) is 0.737. The predicted molar refractivity (Wildman–Crippen MR) is 50.8 cm³/mol. The summed E-state index contributed by atoms with van der Waals surface area (Å²) in [7, 11) is 0. The molecule has 0 amide bonds. The van der Waals surface area contributed by atoms with E-state index in [-0.39, 0.29) is 5.97 Å². The van der Waals surface area contributed by atoms with Crippen LogP contribution in [0.1, 0.15) is 19.2 Å². The molecule has 5 nitrogen and oxygen atoms in total. The third-order valence-corrected chi connectivity index (χ3v) is 1.92. The van der Waals surface area contributed by atoms with Gasteiger partial charge in [-0.25, -0.2) is 0 Å². The SMILES string of the molecule is CCOC(=O)CCn1cnnc1CCl. The Labute approximate surface area is 87.0 Å². The minimum Gasteiger partial charge on any atom is -0.466 e. The van der Waals surface area contributed by atoms with Gasteiger partial charge in [-0.05, 0) is 6.92 Å². The van der Waals surface area contributed by atoms with Crippen LogP contribution in [0.15, 0.2) is 6.33 Å². The van der Waals surface area contributed by atoms with Crippen molar-refractivity contribution < 1.29 is 9.53 Å². The van der Waals surface area contributed by atoms with Crippen molar-refractivity contribution in [2.75, 3.05) is 6.61 Å². The smallest absolute Gasteiger partial charge is 0.307 e. The molecule has 0 spiro atoms. The molecule has 0 N–H and O–H groups in total. The highest BCUT2D eigenvalue weighted by molar-refractivity contribution is 6.16. The minimum absolute atomic E-state index is 0.221. The standard InChI is InChI=1S/C8H12ClN3O2/c1-2-14-8(13)3-4-12-6-10-11-7(12)5-9/h6H,2-5H2,1H3. The van der Waals surface area contributed by atoms with Gasteiger partial charge in [0.15, 0.2) is 0 Å². The molecule has 0 aliphatic carbocycles. The molecule has 0 aromatic carbocycles. The van der Waals surface area contributed by atoms with Crippen LogP contribution >= 0.6 is 11.6 Å². The van der Waals surface area contributed by atoms with Crippen molar-refractivity contribution in [2.45, 2.75) is 25.8 Å². The predicted octanol–water partition coefficient (Wildman–Crippen LogP) is 0.970. The van der Waals surface area contributed by atoms with E-state index in [0.29, 0.717) is 31.3 Å². The summed E-state index contributed by atoms with van der Waals surface area (Å²) in [6.45, 7) is 2.69. The molecule has 0 bridgehead atoms. The van der Waals surface area contributed by atoms with Gasteiger partial charge in [0, 0.05) is 6.54 Å². The largest absolute Gasteiger partial charge is 0.466 e. The minimum atomic E-state index is -0.221. The highest BCUT2D eigenvalue weighted by Gasteiger charge is 2.05. The van der Waals surface area contributed by atoms with Gasteiger partial charge in [-0.1, -0.05) is 0 Å². The molecule has 0 saturated heterocycles. The van der Waals surface area contributed by atoms with Gasteiger partial charge in [-0.3, -0.25) is 4.79 Å². The third-order valence-electron chi connectivity index (χ3n) is 1.68. The van der Waals surface area contributed by atoms with Gasteiger partial charge in [0.2, 0.25) is 0 Å². The molecule has 1 aromatic heterocycles. The lowest BCUT2D eigenvalue weighted by atomic mass is 10.4. The van der Waals surface area contributed by atoms with E-state index < -0.39 is 0 Å². The van der Waals surface area contributed by atoms with Crippen molar-refractivity contribution in [1.82, 2.24) is 14.8 Å². The van der Waals surface area contributed by atoms with Crippen LogP contribution in [0.25, 0.3) is 0 Å². The fourth-order valence-corrected chi connectivity index (χ4v) is 1.22. The first-order chi connectivity index (χ1) is 6.77. The van der Waals surface area contributed by atoms with Gasteiger partial charge in [0.05, 0.1) is 18.9 Å². The lowest BCUT2D eigenvalue weighted by molar-refractivity contribution is -0.143. The molecule has 0 fully saturated rings. The maximum Gasteiger partial charge on any atom is 0.307 e. The number of carbonyl (C=O) groups is 1. The van der Waals surface area contributed by atoms with Gasteiger partial charge in [0.25, 0.3) is 0 Å². The monoisotopic (exact) mass is 217 g/mol. The van der Waals surface area contributed by atoms with E-state index in [1.165, 1.54) is 0 Å². The second kappa shape index (κ2) is 5.59. The maximum absolute atomic E-state index is 11.0. The van der Waals surface area contributed by atoms with Gasteiger partial charge >= 0.3 is 5.97 Å². The molecular weight excluding hydrogens is 206 g/mol. The van der Waals surface area contributed by atoms with E-state index >= 15 is 0 Å². The van der Waals surface area contributed by atoms with Crippen LogP contribution in [0.5, 0.6) is 0 Å². The fraction of sp³-hybridized carbons (Fsp3) is 0.625. The molecule has 0 atom stereocenters. The Morgan fingerprint density at radius 2 is 2.50 bits per heavy atom. The van der Waals surface area contributed by atoms with E-state index in [4.69, 9.17) is 16.3 Å². The molecule has 6 heteroatoms. The summed E-state index contributed by atoms with van der Waals surface area (Å²) in [4.78, 5) is 11.0. The Morgan fingerprint density at radius 3 is 3.14 bits per heavy atom. The number of nitrogens with zero attached hydrogens (tertiary/aromatic N) is 3. The average molecular weight is 218 g/mol. The molecule has 0 unspecified atom stereocenters. The summed E-state index contributed by atoms with van der Waals surface area (Å²) < 4.78 is 6.53. The molecule has 1 rings (SSSR count). The molecule has 14 heavy (non-hydrogen) atoms. The summed E-state index contributed by atoms with van der Waals surface area (Å²) in [6, 6.07) is 0. The van der Waals surface area contributed by atoms with Crippen LogP contribution in [-0.4, -0.2) is 27.3 Å². The Morgan fingerprint density at radius 1 is 1.71 bits per heavy atom.